The predicted octanol–water partition coefficient (Wildman–Crippen LogP) is 3.02. The Kier molecular flexibility index (Phi) is 8.02. The molecule has 0 spiro atoms. The zero-order chi connectivity index (χ0) is 27.0. The number of rotatable bonds is 8. The minimum absolute atomic E-state index is 0.0848. The van der Waals surface area contributed by atoms with Gasteiger partial charge in [0.15, 0.2) is 6.61 Å². The van der Waals surface area contributed by atoms with E-state index in [1.807, 2.05) is 0 Å². The maximum absolute atomic E-state index is 12.1. The number of hydrogen-bond donors (Lipinski definition) is 4. The Balaban J connectivity index is 1.28. The lowest BCUT2D eigenvalue weighted by molar-refractivity contribution is -0.143. The van der Waals surface area contributed by atoms with Crippen LogP contribution in [-0.4, -0.2) is 59.0 Å². The summed E-state index contributed by atoms with van der Waals surface area (Å²) in [5.41, 5.74) is 2.52. The van der Waals surface area contributed by atoms with E-state index in [0.29, 0.717) is 17.8 Å². The van der Waals surface area contributed by atoms with Crippen molar-refractivity contribution in [2.45, 2.75) is 91.2 Å². The first-order valence-electron chi connectivity index (χ1n) is 13.8. The topological polar surface area (TPSA) is 137 Å². The van der Waals surface area contributed by atoms with Crippen LogP contribution in [-0.2, 0) is 19.2 Å². The van der Waals surface area contributed by atoms with E-state index in [0.717, 1.165) is 50.7 Å². The summed E-state index contributed by atoms with van der Waals surface area (Å²) in [6.45, 7) is 7.49. The van der Waals surface area contributed by atoms with Crippen LogP contribution < -0.4 is 10.6 Å². The molecule has 0 aromatic heterocycles. The van der Waals surface area contributed by atoms with Crippen molar-refractivity contribution in [3.05, 3.63) is 11.6 Å². The minimum atomic E-state index is -1.11. The van der Waals surface area contributed by atoms with Gasteiger partial charge in [0.25, 0.3) is 5.91 Å². The van der Waals surface area contributed by atoms with Gasteiger partial charge in [0.1, 0.15) is 6.04 Å². The van der Waals surface area contributed by atoms with Crippen LogP contribution in [0.15, 0.2) is 16.8 Å². The maximum atomic E-state index is 12.1. The predicted molar refractivity (Wildman–Crippen MR) is 139 cm³/mol. The molecule has 4 aliphatic rings. The van der Waals surface area contributed by atoms with E-state index in [-0.39, 0.29) is 36.0 Å². The molecular formula is C28H43N3O6. The highest BCUT2D eigenvalue weighted by atomic mass is 16.6. The van der Waals surface area contributed by atoms with E-state index in [1.54, 1.807) is 13.8 Å². The molecule has 4 aliphatic carbocycles. The van der Waals surface area contributed by atoms with Gasteiger partial charge < -0.3 is 25.7 Å². The Hall–Kier alpha value is -2.42. The molecule has 3 fully saturated rings. The second kappa shape index (κ2) is 10.8. The molecule has 206 valence electrons. The number of carbonyl (C=O) groups excluding carboxylic acids is 2. The van der Waals surface area contributed by atoms with Crippen molar-refractivity contribution >= 4 is 23.5 Å². The standard InChI is InChI=1S/C28H43N3O6/c1-16(2)25(26(35)36)30-23(33)14-29-24(34)15-37-31-18-9-11-27(3)17(13-18)5-6-19-20-7-8-22(32)28(20,4)12-10-21(19)27/h13,16,19-22,25,32H,5-12,14-15H2,1-4H3,(H,29,34)(H,30,33)(H,35,36)/b31-18+/t19-,20+,21+,22+,25-,27-,28-/m0/s1. The fourth-order valence-corrected chi connectivity index (χ4v) is 7.76. The van der Waals surface area contributed by atoms with Crippen molar-refractivity contribution in [2.75, 3.05) is 13.2 Å². The lowest BCUT2D eigenvalue weighted by Gasteiger charge is -2.57. The van der Waals surface area contributed by atoms with Gasteiger partial charge in [0.05, 0.1) is 18.4 Å². The molecular weight excluding hydrogens is 474 g/mol. The van der Waals surface area contributed by atoms with Crippen LogP contribution in [0.3, 0.4) is 0 Å². The molecule has 0 aromatic carbocycles. The van der Waals surface area contributed by atoms with Gasteiger partial charge in [0.2, 0.25) is 5.91 Å². The van der Waals surface area contributed by atoms with E-state index in [2.05, 4.69) is 35.7 Å². The fourth-order valence-electron chi connectivity index (χ4n) is 7.76. The van der Waals surface area contributed by atoms with Gasteiger partial charge in [-0.3, -0.25) is 9.59 Å². The summed E-state index contributed by atoms with van der Waals surface area (Å²) >= 11 is 0. The molecule has 9 nitrogen and oxygen atoms in total. The number of fused-ring (bicyclic) bond motifs is 5. The van der Waals surface area contributed by atoms with E-state index in [1.165, 1.54) is 12.0 Å². The Labute approximate surface area is 219 Å². The SMILES string of the molecule is CC(C)[C@H](NC(=O)CNC(=O)CO/N=C1/C=C2CC[C@H]3[C@H]4CC[C@@H](O)[C@@]4(C)CC[C@H]3[C@@]2(C)CC1)C(=O)O. The summed E-state index contributed by atoms with van der Waals surface area (Å²) in [6.07, 6.45) is 10.4. The fraction of sp³-hybridized carbons (Fsp3) is 0.786. The van der Waals surface area contributed by atoms with E-state index < -0.39 is 23.8 Å². The highest BCUT2D eigenvalue weighted by Gasteiger charge is 2.58. The zero-order valence-corrected chi connectivity index (χ0v) is 22.6. The molecule has 2 amide bonds. The zero-order valence-electron chi connectivity index (χ0n) is 22.6. The van der Waals surface area contributed by atoms with Crippen LogP contribution in [0.1, 0.15) is 79.1 Å². The van der Waals surface area contributed by atoms with Crippen LogP contribution in [0.5, 0.6) is 0 Å². The number of carboxylic acid groups (broad SMARTS) is 1. The number of allylic oxidation sites excluding steroid dienone is 2. The molecule has 0 aliphatic heterocycles. The molecule has 0 aromatic rings. The monoisotopic (exact) mass is 517 g/mol. The molecule has 4 N–H and O–H groups in total. The second-order valence-corrected chi connectivity index (χ2v) is 12.4. The van der Waals surface area contributed by atoms with Gasteiger partial charge in [-0.05, 0) is 91.9 Å². The summed E-state index contributed by atoms with van der Waals surface area (Å²) in [5.74, 6) is -0.492. The first kappa shape index (κ1) is 27.6. The van der Waals surface area contributed by atoms with Gasteiger partial charge >= 0.3 is 5.97 Å². The van der Waals surface area contributed by atoms with Gasteiger partial charge in [-0.1, -0.05) is 38.4 Å². The van der Waals surface area contributed by atoms with Crippen molar-refractivity contribution in [3.63, 3.8) is 0 Å². The number of oxime groups is 1. The molecule has 0 heterocycles. The number of hydrogen-bond acceptors (Lipinski definition) is 6. The van der Waals surface area contributed by atoms with Crippen molar-refractivity contribution in [1.29, 1.82) is 0 Å². The van der Waals surface area contributed by atoms with Crippen molar-refractivity contribution < 1.29 is 29.4 Å². The quantitative estimate of drug-likeness (QED) is 0.365. The molecule has 37 heavy (non-hydrogen) atoms. The Bertz CT molecular complexity index is 977. The van der Waals surface area contributed by atoms with Gasteiger partial charge in [-0.15, -0.1) is 0 Å². The van der Waals surface area contributed by atoms with E-state index >= 15 is 0 Å². The normalized spacial score (nSPS) is 36.6. The third kappa shape index (κ3) is 5.42. The molecule has 0 saturated heterocycles. The molecule has 7 atom stereocenters. The number of nitrogens with one attached hydrogen (secondary N) is 2. The third-order valence-electron chi connectivity index (χ3n) is 10.0. The minimum Gasteiger partial charge on any atom is -0.480 e. The molecule has 0 unspecified atom stereocenters. The van der Waals surface area contributed by atoms with Crippen LogP contribution in [0.25, 0.3) is 0 Å². The van der Waals surface area contributed by atoms with Crippen LogP contribution in [0, 0.1) is 34.5 Å². The van der Waals surface area contributed by atoms with Crippen molar-refractivity contribution in [1.82, 2.24) is 10.6 Å². The average Bonchev–Trinajstić information content (AvgIpc) is 3.15. The second-order valence-electron chi connectivity index (χ2n) is 12.4. The number of carbonyl (C=O) groups is 3. The van der Waals surface area contributed by atoms with Gasteiger partial charge in [-0.25, -0.2) is 4.79 Å². The van der Waals surface area contributed by atoms with Gasteiger partial charge in [0, 0.05) is 0 Å². The summed E-state index contributed by atoms with van der Waals surface area (Å²) in [4.78, 5) is 40.6. The lowest BCUT2D eigenvalue weighted by atomic mass is 9.47. The van der Waals surface area contributed by atoms with E-state index in [9.17, 15) is 19.5 Å². The summed E-state index contributed by atoms with van der Waals surface area (Å²) in [5, 5.41) is 28.9. The number of aliphatic hydroxyl groups excluding tert-OH is 1. The number of carboxylic acids is 1. The molecule has 4 rings (SSSR count). The molecule has 3 saturated carbocycles. The summed E-state index contributed by atoms with van der Waals surface area (Å²) in [7, 11) is 0. The number of amides is 2. The Morgan fingerprint density at radius 3 is 2.54 bits per heavy atom. The van der Waals surface area contributed by atoms with Crippen molar-refractivity contribution in [2.24, 2.45) is 39.7 Å². The average molecular weight is 518 g/mol. The highest BCUT2D eigenvalue weighted by Crippen LogP contribution is 2.65. The number of nitrogens with zero attached hydrogens (tertiary/aromatic N) is 1. The van der Waals surface area contributed by atoms with Crippen LogP contribution in [0.2, 0.25) is 0 Å². The van der Waals surface area contributed by atoms with Crippen LogP contribution >= 0.6 is 0 Å². The summed E-state index contributed by atoms with van der Waals surface area (Å²) < 4.78 is 0. The largest absolute Gasteiger partial charge is 0.480 e. The first-order chi connectivity index (χ1) is 17.5. The smallest absolute Gasteiger partial charge is 0.326 e. The van der Waals surface area contributed by atoms with Gasteiger partial charge in [-0.2, -0.15) is 0 Å². The van der Waals surface area contributed by atoms with E-state index in [4.69, 9.17) is 9.94 Å². The number of aliphatic carboxylic acids is 1. The number of aliphatic hydroxyl groups is 1. The maximum Gasteiger partial charge on any atom is 0.326 e. The van der Waals surface area contributed by atoms with Crippen LogP contribution in [0.4, 0.5) is 0 Å². The highest BCUT2D eigenvalue weighted by molar-refractivity contribution is 5.96. The summed E-state index contributed by atoms with van der Waals surface area (Å²) in [6, 6.07) is -1.00. The molecule has 9 heteroatoms. The molecule has 0 radical (unpaired) electrons. The Morgan fingerprint density at radius 2 is 1.84 bits per heavy atom. The lowest BCUT2D eigenvalue weighted by Crippen LogP contribution is -2.51. The first-order valence-corrected chi connectivity index (χ1v) is 13.8. The molecule has 0 bridgehead atoms. The van der Waals surface area contributed by atoms with Crippen molar-refractivity contribution in [3.8, 4) is 0 Å². The Morgan fingerprint density at radius 1 is 1.08 bits per heavy atom. The third-order valence-corrected chi connectivity index (χ3v) is 10.0.